The van der Waals surface area contributed by atoms with Gasteiger partial charge in [0.1, 0.15) is 0 Å². The molecule has 2 unspecified atom stereocenters. The maximum absolute atomic E-state index is 6.36. The van der Waals surface area contributed by atoms with Gasteiger partial charge in [-0.3, -0.25) is 0 Å². The van der Waals surface area contributed by atoms with Crippen molar-refractivity contribution in [2.75, 3.05) is 6.61 Å². The van der Waals surface area contributed by atoms with Crippen molar-refractivity contribution in [3.05, 3.63) is 35.4 Å². The smallest absolute Gasteiger partial charge is 0.0842 e. The van der Waals surface area contributed by atoms with Crippen LogP contribution in [0.5, 0.6) is 0 Å². The van der Waals surface area contributed by atoms with Gasteiger partial charge in [-0.25, -0.2) is 0 Å². The van der Waals surface area contributed by atoms with Gasteiger partial charge in [0.15, 0.2) is 0 Å². The molecular formula is C18H27NO. The summed E-state index contributed by atoms with van der Waals surface area (Å²) in [7, 11) is 0. The fourth-order valence-electron chi connectivity index (χ4n) is 3.81. The first-order valence-corrected chi connectivity index (χ1v) is 8.28. The van der Waals surface area contributed by atoms with Gasteiger partial charge in [0.25, 0.3) is 0 Å². The first-order chi connectivity index (χ1) is 9.83. The molecule has 20 heavy (non-hydrogen) atoms. The van der Waals surface area contributed by atoms with E-state index in [0.29, 0.717) is 0 Å². The Kier molecular flexibility index (Phi) is 4.74. The molecule has 3 rings (SSSR count). The summed E-state index contributed by atoms with van der Waals surface area (Å²) in [4.78, 5) is 0. The van der Waals surface area contributed by atoms with Gasteiger partial charge in [-0.15, -0.1) is 0 Å². The van der Waals surface area contributed by atoms with E-state index in [4.69, 9.17) is 10.5 Å². The molecule has 1 heterocycles. The average molecular weight is 273 g/mol. The van der Waals surface area contributed by atoms with Crippen molar-refractivity contribution in [1.82, 2.24) is 0 Å². The van der Waals surface area contributed by atoms with Gasteiger partial charge in [0, 0.05) is 6.04 Å². The zero-order chi connectivity index (χ0) is 13.8. The van der Waals surface area contributed by atoms with Crippen molar-refractivity contribution in [2.45, 2.75) is 63.5 Å². The Balaban J connectivity index is 1.52. The molecule has 1 saturated carbocycles. The van der Waals surface area contributed by atoms with E-state index in [-0.39, 0.29) is 12.1 Å². The Hall–Kier alpha value is -0.860. The van der Waals surface area contributed by atoms with Crippen LogP contribution in [-0.2, 0) is 11.2 Å². The Morgan fingerprint density at radius 1 is 1.20 bits per heavy atom. The Labute approximate surface area is 122 Å². The zero-order valence-corrected chi connectivity index (χ0v) is 12.4. The van der Waals surface area contributed by atoms with Crippen LogP contribution in [0.1, 0.15) is 62.2 Å². The van der Waals surface area contributed by atoms with Crippen LogP contribution >= 0.6 is 0 Å². The highest BCUT2D eigenvalue weighted by Gasteiger charge is 2.23. The maximum Gasteiger partial charge on any atom is 0.0842 e. The molecule has 1 aromatic carbocycles. The summed E-state index contributed by atoms with van der Waals surface area (Å²) in [5.74, 6) is 0.945. The van der Waals surface area contributed by atoms with Crippen LogP contribution in [0.2, 0.25) is 0 Å². The fourth-order valence-corrected chi connectivity index (χ4v) is 3.81. The minimum absolute atomic E-state index is 0.221. The van der Waals surface area contributed by atoms with E-state index < -0.39 is 0 Å². The monoisotopic (exact) mass is 273 g/mol. The Morgan fingerprint density at radius 2 is 2.00 bits per heavy atom. The zero-order valence-electron chi connectivity index (χ0n) is 12.4. The van der Waals surface area contributed by atoms with Crippen LogP contribution in [-0.4, -0.2) is 12.6 Å². The van der Waals surface area contributed by atoms with Crippen LogP contribution in [0.3, 0.4) is 0 Å². The lowest BCUT2D eigenvalue weighted by Crippen LogP contribution is -2.27. The van der Waals surface area contributed by atoms with Gasteiger partial charge >= 0.3 is 0 Å². The van der Waals surface area contributed by atoms with Gasteiger partial charge in [-0.05, 0) is 42.7 Å². The van der Waals surface area contributed by atoms with Crippen molar-refractivity contribution in [3.8, 4) is 0 Å². The molecule has 2 N–H and O–H groups in total. The fraction of sp³-hybridized carbons (Fsp3) is 0.667. The first-order valence-electron chi connectivity index (χ1n) is 8.28. The number of ether oxygens (including phenoxy) is 1. The molecule has 2 heteroatoms. The Bertz CT molecular complexity index is 425. The maximum atomic E-state index is 6.36. The van der Waals surface area contributed by atoms with E-state index in [0.717, 1.165) is 31.8 Å². The molecule has 110 valence electrons. The van der Waals surface area contributed by atoms with Crippen molar-refractivity contribution in [3.63, 3.8) is 0 Å². The minimum atomic E-state index is 0.221. The lowest BCUT2D eigenvalue weighted by Gasteiger charge is -2.28. The topological polar surface area (TPSA) is 35.2 Å². The SMILES string of the molecule is NC(CCC1CCCC1)CC1OCCc2ccccc21. The predicted octanol–water partition coefficient (Wildman–Crippen LogP) is 3.99. The van der Waals surface area contributed by atoms with Crippen molar-refractivity contribution in [1.29, 1.82) is 0 Å². The number of hydrogen-bond acceptors (Lipinski definition) is 2. The third-order valence-corrected chi connectivity index (χ3v) is 5.03. The quantitative estimate of drug-likeness (QED) is 0.880. The van der Waals surface area contributed by atoms with E-state index in [1.165, 1.54) is 43.2 Å². The van der Waals surface area contributed by atoms with E-state index in [1.54, 1.807) is 0 Å². The lowest BCUT2D eigenvalue weighted by atomic mass is 9.91. The van der Waals surface area contributed by atoms with Crippen LogP contribution < -0.4 is 5.73 Å². The molecule has 2 aliphatic rings. The molecule has 0 radical (unpaired) electrons. The summed E-state index contributed by atoms with van der Waals surface area (Å²) in [6.07, 6.45) is 10.4. The van der Waals surface area contributed by atoms with Crippen LogP contribution in [0.15, 0.2) is 24.3 Å². The van der Waals surface area contributed by atoms with Crippen LogP contribution in [0.25, 0.3) is 0 Å². The number of fused-ring (bicyclic) bond motifs is 1. The van der Waals surface area contributed by atoms with Crippen LogP contribution in [0.4, 0.5) is 0 Å². The highest BCUT2D eigenvalue weighted by atomic mass is 16.5. The molecule has 0 saturated heterocycles. The first kappa shape index (κ1) is 14.1. The second kappa shape index (κ2) is 6.73. The molecule has 1 fully saturated rings. The van der Waals surface area contributed by atoms with Crippen LogP contribution in [0, 0.1) is 5.92 Å². The van der Waals surface area contributed by atoms with Crippen molar-refractivity contribution >= 4 is 0 Å². The summed E-state index contributed by atoms with van der Waals surface area (Å²) < 4.78 is 5.97. The molecular weight excluding hydrogens is 246 g/mol. The van der Waals surface area contributed by atoms with E-state index in [2.05, 4.69) is 24.3 Å². The van der Waals surface area contributed by atoms with Gasteiger partial charge in [-0.2, -0.15) is 0 Å². The summed E-state index contributed by atoms with van der Waals surface area (Å²) in [6.45, 7) is 0.844. The molecule has 2 atom stereocenters. The van der Waals surface area contributed by atoms with Gasteiger partial charge in [0.2, 0.25) is 0 Å². The molecule has 0 amide bonds. The highest BCUT2D eigenvalue weighted by Crippen LogP contribution is 2.32. The summed E-state index contributed by atoms with van der Waals surface area (Å²) in [5.41, 5.74) is 9.18. The number of benzene rings is 1. The highest BCUT2D eigenvalue weighted by molar-refractivity contribution is 5.30. The average Bonchev–Trinajstić information content (AvgIpc) is 2.99. The van der Waals surface area contributed by atoms with E-state index in [1.807, 2.05) is 0 Å². The van der Waals surface area contributed by atoms with E-state index >= 15 is 0 Å². The second-order valence-electron chi connectivity index (χ2n) is 6.53. The number of rotatable bonds is 5. The molecule has 0 spiro atoms. The summed E-state index contributed by atoms with van der Waals surface area (Å²) in [5, 5.41) is 0. The third kappa shape index (κ3) is 3.42. The molecule has 1 aromatic rings. The molecule has 1 aliphatic heterocycles. The normalized spacial score (nSPS) is 24.6. The number of hydrogen-bond donors (Lipinski definition) is 1. The number of nitrogens with two attached hydrogens (primary N) is 1. The standard InChI is InChI=1S/C18H27NO/c19-16(10-9-14-5-1-2-6-14)13-18-17-8-4-3-7-15(17)11-12-20-18/h3-4,7-8,14,16,18H,1-2,5-6,9-13,19H2. The summed E-state index contributed by atoms with van der Waals surface area (Å²) in [6, 6.07) is 8.97. The predicted molar refractivity (Wildman–Crippen MR) is 82.6 cm³/mol. The molecule has 1 aliphatic carbocycles. The molecule has 0 bridgehead atoms. The van der Waals surface area contributed by atoms with Crippen molar-refractivity contribution in [2.24, 2.45) is 11.7 Å². The third-order valence-electron chi connectivity index (χ3n) is 5.03. The lowest BCUT2D eigenvalue weighted by molar-refractivity contribution is 0.0312. The second-order valence-corrected chi connectivity index (χ2v) is 6.53. The van der Waals surface area contributed by atoms with Gasteiger partial charge in [-0.1, -0.05) is 49.9 Å². The van der Waals surface area contributed by atoms with Gasteiger partial charge in [0.05, 0.1) is 12.7 Å². The Morgan fingerprint density at radius 3 is 2.85 bits per heavy atom. The summed E-state index contributed by atoms with van der Waals surface area (Å²) >= 11 is 0. The largest absolute Gasteiger partial charge is 0.373 e. The molecule has 0 aromatic heterocycles. The molecule has 2 nitrogen and oxygen atoms in total. The minimum Gasteiger partial charge on any atom is -0.373 e. The van der Waals surface area contributed by atoms with E-state index in [9.17, 15) is 0 Å². The van der Waals surface area contributed by atoms with Gasteiger partial charge < -0.3 is 10.5 Å². The van der Waals surface area contributed by atoms with Crippen molar-refractivity contribution < 1.29 is 4.74 Å².